The zero-order valence-electron chi connectivity index (χ0n) is 20.1. The first-order chi connectivity index (χ1) is 17.1. The molecule has 0 spiro atoms. The van der Waals surface area contributed by atoms with Gasteiger partial charge < -0.3 is 16.4 Å². The highest BCUT2D eigenvalue weighted by molar-refractivity contribution is 6.27. The van der Waals surface area contributed by atoms with E-state index in [1.807, 2.05) is 25.4 Å². The predicted molar refractivity (Wildman–Crippen MR) is 140 cm³/mol. The molecule has 8 nitrogen and oxygen atoms in total. The average Bonchev–Trinajstić information content (AvgIpc) is 3.14. The molecule has 2 aliphatic rings. The Bertz CT molecular complexity index is 1240. The highest BCUT2D eigenvalue weighted by atomic mass is 16.1. The van der Waals surface area contributed by atoms with Crippen molar-refractivity contribution in [3.05, 3.63) is 65.8 Å². The van der Waals surface area contributed by atoms with E-state index in [1.165, 1.54) is 43.6 Å². The molecule has 0 aliphatic carbocycles. The van der Waals surface area contributed by atoms with Gasteiger partial charge in [0.1, 0.15) is 0 Å². The minimum absolute atomic E-state index is 0.168. The molecule has 4 N–H and O–H groups in total. The number of aromatic nitrogens is 3. The third-order valence-corrected chi connectivity index (χ3v) is 6.65. The molecule has 0 unspecified atom stereocenters. The molecule has 35 heavy (non-hydrogen) atoms. The maximum atomic E-state index is 13.3. The summed E-state index contributed by atoms with van der Waals surface area (Å²) in [4.78, 5) is 28.3. The zero-order valence-corrected chi connectivity index (χ0v) is 20.1. The molecule has 2 aromatic heterocycles. The van der Waals surface area contributed by atoms with Gasteiger partial charge in [0.15, 0.2) is 0 Å². The van der Waals surface area contributed by atoms with Crippen LogP contribution in [-0.4, -0.2) is 45.4 Å². The summed E-state index contributed by atoms with van der Waals surface area (Å²) in [6, 6.07) is 8.42. The molecule has 0 atom stereocenters. The van der Waals surface area contributed by atoms with Crippen molar-refractivity contribution in [1.29, 1.82) is 0 Å². The number of carbonyl (C=O) groups excluding carboxylic acids is 1. The molecule has 0 bridgehead atoms. The Kier molecular flexibility index (Phi) is 6.72. The van der Waals surface area contributed by atoms with Crippen LogP contribution in [0.3, 0.4) is 0 Å². The molecule has 1 aromatic carbocycles. The third kappa shape index (κ3) is 5.33. The lowest BCUT2D eigenvalue weighted by Crippen LogP contribution is -2.24. The normalized spacial score (nSPS) is 16.3. The summed E-state index contributed by atoms with van der Waals surface area (Å²) in [5, 5.41) is 6.32. The van der Waals surface area contributed by atoms with Gasteiger partial charge in [0.25, 0.3) is 5.91 Å². The standard InChI is InChI=1S/C27H31N7O/c1-18-12-30-24-7-6-20(11-23(24)25(18)26(35)33-22-15-31-27(28)32-16-22)21-10-19(13-29-14-21)17-34-8-4-2-3-5-9-34/h6-7,10-11,13-16,30H,2-5,8-9,12,17H2,1H3,(H,33,35)(H2,28,31,32). The number of nitrogen functional groups attached to an aromatic ring is 1. The first-order valence-electron chi connectivity index (χ1n) is 12.2. The molecular weight excluding hydrogens is 438 g/mol. The summed E-state index contributed by atoms with van der Waals surface area (Å²) in [5.41, 5.74) is 12.8. The number of fused-ring (bicyclic) bond motifs is 1. The Morgan fingerprint density at radius 2 is 1.80 bits per heavy atom. The van der Waals surface area contributed by atoms with Crippen molar-refractivity contribution in [1.82, 2.24) is 19.9 Å². The van der Waals surface area contributed by atoms with E-state index in [2.05, 4.69) is 48.7 Å². The Labute approximate surface area is 205 Å². The average molecular weight is 470 g/mol. The Morgan fingerprint density at radius 1 is 1.03 bits per heavy atom. The summed E-state index contributed by atoms with van der Waals surface area (Å²) in [5.74, 6) is -0.0225. The molecule has 0 saturated carbocycles. The van der Waals surface area contributed by atoms with Gasteiger partial charge in [-0.25, -0.2) is 9.97 Å². The minimum atomic E-state index is -0.191. The van der Waals surface area contributed by atoms with Crippen LogP contribution < -0.4 is 16.4 Å². The number of nitrogens with two attached hydrogens (primary N) is 1. The van der Waals surface area contributed by atoms with Crippen molar-refractivity contribution in [2.24, 2.45) is 0 Å². The molecule has 1 fully saturated rings. The van der Waals surface area contributed by atoms with E-state index in [0.29, 0.717) is 17.8 Å². The Hall–Kier alpha value is -3.78. The van der Waals surface area contributed by atoms with Crippen LogP contribution in [0.5, 0.6) is 0 Å². The van der Waals surface area contributed by atoms with Gasteiger partial charge in [-0.3, -0.25) is 14.7 Å². The number of hydrogen-bond donors (Lipinski definition) is 3. The SMILES string of the molecule is CC1=C(C(=O)Nc2cnc(N)nc2)c2cc(-c3cncc(CN4CCCCCC4)c3)ccc2NC1. The summed E-state index contributed by atoms with van der Waals surface area (Å²) in [6.07, 6.45) is 12.1. The van der Waals surface area contributed by atoms with Crippen LogP contribution in [0.1, 0.15) is 43.7 Å². The highest BCUT2D eigenvalue weighted by Crippen LogP contribution is 2.35. The summed E-state index contributed by atoms with van der Waals surface area (Å²) in [7, 11) is 0. The lowest BCUT2D eigenvalue weighted by atomic mass is 9.91. The summed E-state index contributed by atoms with van der Waals surface area (Å²) >= 11 is 0. The number of benzene rings is 1. The molecule has 1 amide bonds. The molecule has 3 aromatic rings. The number of amides is 1. The number of carbonyl (C=O) groups is 1. The zero-order chi connectivity index (χ0) is 24.2. The maximum Gasteiger partial charge on any atom is 0.256 e. The second-order valence-corrected chi connectivity index (χ2v) is 9.33. The van der Waals surface area contributed by atoms with Gasteiger partial charge in [0.05, 0.1) is 18.1 Å². The largest absolute Gasteiger partial charge is 0.381 e. The van der Waals surface area contributed by atoms with Crippen LogP contribution in [0, 0.1) is 0 Å². The van der Waals surface area contributed by atoms with E-state index < -0.39 is 0 Å². The van der Waals surface area contributed by atoms with Crippen molar-refractivity contribution in [3.63, 3.8) is 0 Å². The van der Waals surface area contributed by atoms with Crippen LogP contribution in [-0.2, 0) is 11.3 Å². The van der Waals surface area contributed by atoms with Crippen LogP contribution in [0.2, 0.25) is 0 Å². The Morgan fingerprint density at radius 3 is 2.57 bits per heavy atom. The number of anilines is 3. The van der Waals surface area contributed by atoms with Gasteiger partial charge in [-0.05, 0) is 67.8 Å². The fourth-order valence-electron chi connectivity index (χ4n) is 4.83. The van der Waals surface area contributed by atoms with Crippen LogP contribution in [0.25, 0.3) is 16.7 Å². The molecule has 0 radical (unpaired) electrons. The lowest BCUT2D eigenvalue weighted by Gasteiger charge is -2.24. The van der Waals surface area contributed by atoms with E-state index in [9.17, 15) is 4.79 Å². The first kappa shape index (κ1) is 23.0. The van der Waals surface area contributed by atoms with Crippen LogP contribution >= 0.6 is 0 Å². The lowest BCUT2D eigenvalue weighted by molar-refractivity contribution is -0.111. The van der Waals surface area contributed by atoms with Crippen LogP contribution in [0.4, 0.5) is 17.3 Å². The van der Waals surface area contributed by atoms with Crippen molar-refractivity contribution in [2.75, 3.05) is 36.0 Å². The number of nitrogens with zero attached hydrogens (tertiary/aromatic N) is 4. The van der Waals surface area contributed by atoms with Crippen molar-refractivity contribution < 1.29 is 4.79 Å². The quantitative estimate of drug-likeness (QED) is 0.510. The second kappa shape index (κ2) is 10.2. The van der Waals surface area contributed by atoms with Gasteiger partial charge in [0, 0.05) is 47.9 Å². The molecule has 2 aliphatic heterocycles. The molecule has 5 rings (SSSR count). The topological polar surface area (TPSA) is 109 Å². The minimum Gasteiger partial charge on any atom is -0.381 e. The molecule has 4 heterocycles. The summed E-state index contributed by atoms with van der Waals surface area (Å²) < 4.78 is 0. The van der Waals surface area contributed by atoms with Crippen molar-refractivity contribution >= 4 is 28.8 Å². The van der Waals surface area contributed by atoms with E-state index in [0.717, 1.165) is 47.6 Å². The van der Waals surface area contributed by atoms with Gasteiger partial charge >= 0.3 is 0 Å². The Balaban J connectivity index is 1.41. The van der Waals surface area contributed by atoms with E-state index in [1.54, 1.807) is 0 Å². The van der Waals surface area contributed by atoms with Crippen LogP contribution in [0.15, 0.2) is 54.6 Å². The highest BCUT2D eigenvalue weighted by Gasteiger charge is 2.23. The van der Waals surface area contributed by atoms with Crippen molar-refractivity contribution in [2.45, 2.75) is 39.2 Å². The smallest absolute Gasteiger partial charge is 0.256 e. The number of nitrogens with one attached hydrogen (secondary N) is 2. The van der Waals surface area contributed by atoms with Gasteiger partial charge in [-0.15, -0.1) is 0 Å². The van der Waals surface area contributed by atoms with E-state index >= 15 is 0 Å². The monoisotopic (exact) mass is 469 g/mol. The second-order valence-electron chi connectivity index (χ2n) is 9.33. The number of hydrogen-bond acceptors (Lipinski definition) is 7. The maximum absolute atomic E-state index is 13.3. The molecule has 180 valence electrons. The molecule has 8 heteroatoms. The fraction of sp³-hybridized carbons (Fsp3) is 0.333. The van der Waals surface area contributed by atoms with E-state index in [4.69, 9.17) is 5.73 Å². The van der Waals surface area contributed by atoms with Gasteiger partial charge in [0.2, 0.25) is 5.95 Å². The summed E-state index contributed by atoms with van der Waals surface area (Å²) in [6.45, 7) is 5.80. The van der Waals surface area contributed by atoms with E-state index in [-0.39, 0.29) is 11.9 Å². The van der Waals surface area contributed by atoms with Gasteiger partial charge in [-0.2, -0.15) is 0 Å². The third-order valence-electron chi connectivity index (χ3n) is 6.65. The predicted octanol–water partition coefficient (Wildman–Crippen LogP) is 4.33. The number of likely N-dealkylation sites (tertiary alicyclic amines) is 1. The first-order valence-corrected chi connectivity index (χ1v) is 12.2. The molecule has 1 saturated heterocycles. The molecular formula is C27H31N7O. The van der Waals surface area contributed by atoms with Crippen molar-refractivity contribution in [3.8, 4) is 11.1 Å². The fourth-order valence-corrected chi connectivity index (χ4v) is 4.83. The van der Waals surface area contributed by atoms with Gasteiger partial charge in [-0.1, -0.05) is 18.9 Å². The number of rotatable bonds is 5. The number of pyridine rings is 1.